The SMILES string of the molecule is COCCOc1nc(-c2ccc(C)cc2)n(-c2ccc(NC(=O)CSc3ccccc3)cc2)n1. The summed E-state index contributed by atoms with van der Waals surface area (Å²) in [6.07, 6.45) is 0. The van der Waals surface area contributed by atoms with Crippen molar-refractivity contribution in [3.05, 3.63) is 84.4 Å². The number of nitrogens with one attached hydrogen (secondary N) is 1. The average molecular weight is 475 g/mol. The first-order chi connectivity index (χ1) is 16.6. The highest BCUT2D eigenvalue weighted by molar-refractivity contribution is 8.00. The molecule has 0 atom stereocenters. The number of benzene rings is 3. The van der Waals surface area contributed by atoms with Crippen LogP contribution in [0.15, 0.2) is 83.8 Å². The van der Waals surface area contributed by atoms with Gasteiger partial charge in [0, 0.05) is 23.3 Å². The zero-order chi connectivity index (χ0) is 23.8. The van der Waals surface area contributed by atoms with E-state index in [2.05, 4.69) is 15.4 Å². The van der Waals surface area contributed by atoms with Gasteiger partial charge in [0.2, 0.25) is 5.91 Å². The number of rotatable bonds is 10. The van der Waals surface area contributed by atoms with Gasteiger partial charge in [-0.25, -0.2) is 4.68 Å². The minimum Gasteiger partial charge on any atom is -0.460 e. The Balaban J connectivity index is 1.49. The fourth-order valence-corrected chi connectivity index (χ4v) is 3.91. The second kappa shape index (κ2) is 11.5. The first-order valence-electron chi connectivity index (χ1n) is 10.9. The van der Waals surface area contributed by atoms with E-state index in [9.17, 15) is 4.79 Å². The van der Waals surface area contributed by atoms with Crippen LogP contribution in [-0.4, -0.2) is 46.7 Å². The van der Waals surface area contributed by atoms with Crippen LogP contribution in [0.2, 0.25) is 0 Å². The topological polar surface area (TPSA) is 78.3 Å². The second-order valence-electron chi connectivity index (χ2n) is 7.53. The number of carbonyl (C=O) groups excluding carboxylic acids is 1. The largest absolute Gasteiger partial charge is 0.460 e. The minimum atomic E-state index is -0.0588. The van der Waals surface area contributed by atoms with E-state index >= 15 is 0 Å². The van der Waals surface area contributed by atoms with Crippen molar-refractivity contribution >= 4 is 23.4 Å². The second-order valence-corrected chi connectivity index (χ2v) is 8.58. The zero-order valence-electron chi connectivity index (χ0n) is 19.1. The Morgan fingerprint density at radius 3 is 2.41 bits per heavy atom. The molecule has 1 heterocycles. The Morgan fingerprint density at radius 2 is 1.71 bits per heavy atom. The molecule has 3 aromatic carbocycles. The van der Waals surface area contributed by atoms with Crippen LogP contribution < -0.4 is 10.1 Å². The third-order valence-corrected chi connectivity index (χ3v) is 5.94. The molecule has 34 heavy (non-hydrogen) atoms. The molecule has 174 valence electrons. The Morgan fingerprint density at radius 1 is 0.971 bits per heavy atom. The molecule has 4 rings (SSSR count). The Hall–Kier alpha value is -3.62. The molecule has 0 spiro atoms. The lowest BCUT2D eigenvalue weighted by molar-refractivity contribution is -0.113. The summed E-state index contributed by atoms with van der Waals surface area (Å²) in [5, 5.41) is 7.48. The maximum atomic E-state index is 12.3. The molecule has 0 unspecified atom stereocenters. The van der Waals surface area contributed by atoms with Crippen LogP contribution in [-0.2, 0) is 9.53 Å². The Kier molecular flexibility index (Phi) is 7.95. The van der Waals surface area contributed by atoms with E-state index in [1.54, 1.807) is 11.8 Å². The van der Waals surface area contributed by atoms with Crippen LogP contribution in [0, 0.1) is 6.92 Å². The van der Waals surface area contributed by atoms with Crippen LogP contribution in [0.25, 0.3) is 17.1 Å². The molecule has 0 saturated carbocycles. The normalized spacial score (nSPS) is 10.8. The Bertz CT molecular complexity index is 1210. The number of ether oxygens (including phenoxy) is 2. The van der Waals surface area contributed by atoms with Crippen LogP contribution in [0.1, 0.15) is 5.56 Å². The maximum Gasteiger partial charge on any atom is 0.336 e. The molecule has 0 aliphatic heterocycles. The summed E-state index contributed by atoms with van der Waals surface area (Å²) in [5.74, 6) is 0.953. The molecule has 0 radical (unpaired) electrons. The van der Waals surface area contributed by atoms with Crippen molar-refractivity contribution in [1.82, 2.24) is 14.8 Å². The molecule has 1 N–H and O–H groups in total. The van der Waals surface area contributed by atoms with Gasteiger partial charge < -0.3 is 14.8 Å². The van der Waals surface area contributed by atoms with E-state index < -0.39 is 0 Å². The molecule has 1 amide bonds. The zero-order valence-corrected chi connectivity index (χ0v) is 19.9. The monoisotopic (exact) mass is 474 g/mol. The van der Waals surface area contributed by atoms with Crippen LogP contribution >= 0.6 is 11.8 Å². The highest BCUT2D eigenvalue weighted by Crippen LogP contribution is 2.25. The summed E-state index contributed by atoms with van der Waals surface area (Å²) in [7, 11) is 1.62. The van der Waals surface area contributed by atoms with Gasteiger partial charge in [-0.3, -0.25) is 4.79 Å². The third kappa shape index (κ3) is 6.24. The van der Waals surface area contributed by atoms with Gasteiger partial charge in [0.1, 0.15) is 6.61 Å². The van der Waals surface area contributed by atoms with Crippen molar-refractivity contribution in [2.75, 3.05) is 31.4 Å². The van der Waals surface area contributed by atoms with E-state index in [0.717, 1.165) is 27.4 Å². The van der Waals surface area contributed by atoms with Crippen molar-refractivity contribution in [1.29, 1.82) is 0 Å². The van der Waals surface area contributed by atoms with Crippen LogP contribution in [0.4, 0.5) is 5.69 Å². The summed E-state index contributed by atoms with van der Waals surface area (Å²) >= 11 is 1.50. The third-order valence-electron chi connectivity index (χ3n) is 4.92. The molecule has 0 aliphatic rings. The fraction of sp³-hybridized carbons (Fsp3) is 0.192. The maximum absolute atomic E-state index is 12.3. The van der Waals surface area contributed by atoms with Crippen LogP contribution in [0.5, 0.6) is 6.01 Å². The van der Waals surface area contributed by atoms with Gasteiger partial charge >= 0.3 is 6.01 Å². The summed E-state index contributed by atoms with van der Waals surface area (Å²) in [6, 6.07) is 25.7. The number of hydrogen-bond acceptors (Lipinski definition) is 6. The van der Waals surface area contributed by atoms with Gasteiger partial charge in [-0.05, 0) is 43.3 Å². The van der Waals surface area contributed by atoms with Gasteiger partial charge in [-0.1, -0.05) is 48.0 Å². The van der Waals surface area contributed by atoms with E-state index in [-0.39, 0.29) is 11.9 Å². The van der Waals surface area contributed by atoms with Gasteiger partial charge in [0.25, 0.3) is 0 Å². The number of methoxy groups -OCH3 is 1. The molecule has 0 bridgehead atoms. The van der Waals surface area contributed by atoms with E-state index in [0.29, 0.717) is 24.8 Å². The molecule has 8 heteroatoms. The van der Waals surface area contributed by atoms with Crippen molar-refractivity contribution in [2.24, 2.45) is 0 Å². The molecule has 0 fully saturated rings. The van der Waals surface area contributed by atoms with Gasteiger partial charge in [-0.2, -0.15) is 4.98 Å². The first kappa shape index (κ1) is 23.5. The Labute approximate surface area is 203 Å². The van der Waals surface area contributed by atoms with Crippen molar-refractivity contribution in [2.45, 2.75) is 11.8 Å². The van der Waals surface area contributed by atoms with Crippen LogP contribution in [0.3, 0.4) is 0 Å². The molecule has 7 nitrogen and oxygen atoms in total. The smallest absolute Gasteiger partial charge is 0.336 e. The minimum absolute atomic E-state index is 0.0588. The van der Waals surface area contributed by atoms with E-state index in [1.807, 2.05) is 85.8 Å². The molecular formula is C26H26N4O3S. The van der Waals surface area contributed by atoms with Crippen molar-refractivity contribution in [3.8, 4) is 23.1 Å². The number of nitrogens with zero attached hydrogens (tertiary/aromatic N) is 3. The molecule has 0 saturated heterocycles. The molecular weight excluding hydrogens is 448 g/mol. The number of hydrogen-bond donors (Lipinski definition) is 1. The predicted octanol–water partition coefficient (Wildman–Crippen LogP) is 5.00. The number of carbonyl (C=O) groups is 1. The lowest BCUT2D eigenvalue weighted by Crippen LogP contribution is -2.14. The summed E-state index contributed by atoms with van der Waals surface area (Å²) in [6.45, 7) is 2.85. The molecule has 4 aromatic rings. The van der Waals surface area contributed by atoms with Crippen molar-refractivity contribution in [3.63, 3.8) is 0 Å². The highest BCUT2D eigenvalue weighted by atomic mass is 32.2. The quantitative estimate of drug-likeness (QED) is 0.257. The number of aromatic nitrogens is 3. The van der Waals surface area contributed by atoms with E-state index in [4.69, 9.17) is 9.47 Å². The lowest BCUT2D eigenvalue weighted by atomic mass is 10.1. The molecule has 0 aliphatic carbocycles. The number of amides is 1. The molecule has 1 aromatic heterocycles. The number of thioether (sulfide) groups is 1. The highest BCUT2D eigenvalue weighted by Gasteiger charge is 2.15. The first-order valence-corrected chi connectivity index (χ1v) is 11.8. The summed E-state index contributed by atoms with van der Waals surface area (Å²) in [5.41, 5.74) is 3.62. The summed E-state index contributed by atoms with van der Waals surface area (Å²) in [4.78, 5) is 18.0. The van der Waals surface area contributed by atoms with Gasteiger partial charge in [0.05, 0.1) is 18.0 Å². The van der Waals surface area contributed by atoms with Crippen molar-refractivity contribution < 1.29 is 14.3 Å². The van der Waals surface area contributed by atoms with E-state index in [1.165, 1.54) is 11.8 Å². The van der Waals surface area contributed by atoms with Gasteiger partial charge in [-0.15, -0.1) is 16.9 Å². The number of anilines is 1. The lowest BCUT2D eigenvalue weighted by Gasteiger charge is -2.09. The average Bonchev–Trinajstić information content (AvgIpc) is 3.29. The standard InChI is InChI=1S/C26H26N4O3S/c1-19-8-10-20(11-9-19)25-28-26(33-17-16-32-2)29-30(25)22-14-12-21(13-15-22)27-24(31)18-34-23-6-4-3-5-7-23/h3-15H,16-18H2,1-2H3,(H,27,31). The number of aryl methyl sites for hydroxylation is 1. The fourth-order valence-electron chi connectivity index (χ4n) is 3.19. The predicted molar refractivity (Wildman–Crippen MR) is 135 cm³/mol. The summed E-state index contributed by atoms with van der Waals surface area (Å²) < 4.78 is 12.4. The van der Waals surface area contributed by atoms with Gasteiger partial charge in [0.15, 0.2) is 5.82 Å².